The fourth-order valence-electron chi connectivity index (χ4n) is 1.96. The maximum absolute atomic E-state index is 13.5. The van der Waals surface area contributed by atoms with E-state index in [4.69, 9.17) is 0 Å². The molecule has 2 rings (SSSR count). The van der Waals surface area contributed by atoms with E-state index < -0.39 is 0 Å². The second-order valence-electron chi connectivity index (χ2n) is 4.77. The molecule has 0 bridgehead atoms. The van der Waals surface area contributed by atoms with Crippen molar-refractivity contribution in [2.75, 3.05) is 19.0 Å². The van der Waals surface area contributed by atoms with Crippen LogP contribution in [0, 0.1) is 5.82 Å². The van der Waals surface area contributed by atoms with Crippen LogP contribution in [-0.2, 0) is 13.1 Å². The SMILES string of the molecule is CN(C)c1cc(CNCc2ccccc2)ccc1F. The van der Waals surface area contributed by atoms with Crippen LogP contribution in [0.1, 0.15) is 11.1 Å². The van der Waals surface area contributed by atoms with E-state index in [-0.39, 0.29) is 5.82 Å². The molecule has 0 radical (unpaired) electrons. The number of hydrogen-bond acceptors (Lipinski definition) is 2. The second kappa shape index (κ2) is 6.34. The van der Waals surface area contributed by atoms with Gasteiger partial charge in [0.25, 0.3) is 0 Å². The Morgan fingerprint density at radius 1 is 0.947 bits per heavy atom. The van der Waals surface area contributed by atoms with Gasteiger partial charge in [-0.1, -0.05) is 36.4 Å². The van der Waals surface area contributed by atoms with E-state index in [2.05, 4.69) is 17.4 Å². The van der Waals surface area contributed by atoms with Crippen LogP contribution in [0.5, 0.6) is 0 Å². The third-order valence-electron chi connectivity index (χ3n) is 2.99. The summed E-state index contributed by atoms with van der Waals surface area (Å²) in [6.07, 6.45) is 0. The van der Waals surface area contributed by atoms with Crippen LogP contribution in [0.25, 0.3) is 0 Å². The highest BCUT2D eigenvalue weighted by atomic mass is 19.1. The van der Waals surface area contributed by atoms with Crippen LogP contribution < -0.4 is 10.2 Å². The summed E-state index contributed by atoms with van der Waals surface area (Å²) in [5.41, 5.74) is 2.96. The summed E-state index contributed by atoms with van der Waals surface area (Å²) < 4.78 is 13.5. The minimum atomic E-state index is -0.184. The topological polar surface area (TPSA) is 15.3 Å². The average molecular weight is 258 g/mol. The summed E-state index contributed by atoms with van der Waals surface area (Å²) in [4.78, 5) is 1.79. The maximum Gasteiger partial charge on any atom is 0.146 e. The molecule has 1 N–H and O–H groups in total. The molecule has 0 aliphatic carbocycles. The van der Waals surface area contributed by atoms with Crippen LogP contribution in [0.4, 0.5) is 10.1 Å². The largest absolute Gasteiger partial charge is 0.375 e. The first kappa shape index (κ1) is 13.6. The molecular formula is C16H19FN2. The monoisotopic (exact) mass is 258 g/mol. The van der Waals surface area contributed by atoms with Crippen LogP contribution in [-0.4, -0.2) is 14.1 Å². The van der Waals surface area contributed by atoms with E-state index in [9.17, 15) is 4.39 Å². The van der Waals surface area contributed by atoms with E-state index in [1.807, 2.05) is 44.4 Å². The molecule has 0 aromatic heterocycles. The van der Waals surface area contributed by atoms with Gasteiger partial charge in [0.1, 0.15) is 5.82 Å². The van der Waals surface area contributed by atoms with E-state index in [1.165, 1.54) is 11.6 Å². The molecule has 0 aliphatic rings. The Morgan fingerprint density at radius 2 is 1.63 bits per heavy atom. The lowest BCUT2D eigenvalue weighted by molar-refractivity contribution is 0.623. The van der Waals surface area contributed by atoms with Crippen LogP contribution in [0.2, 0.25) is 0 Å². The van der Waals surface area contributed by atoms with E-state index in [0.29, 0.717) is 5.69 Å². The lowest BCUT2D eigenvalue weighted by atomic mass is 10.1. The second-order valence-corrected chi connectivity index (χ2v) is 4.77. The normalized spacial score (nSPS) is 10.5. The lowest BCUT2D eigenvalue weighted by Crippen LogP contribution is -2.15. The maximum atomic E-state index is 13.5. The van der Waals surface area contributed by atoms with Gasteiger partial charge in [-0.15, -0.1) is 0 Å². The molecular weight excluding hydrogens is 239 g/mol. The molecule has 0 spiro atoms. The number of hydrogen-bond donors (Lipinski definition) is 1. The van der Waals surface area contributed by atoms with Gasteiger partial charge in [0.15, 0.2) is 0 Å². The summed E-state index contributed by atoms with van der Waals surface area (Å²) in [5.74, 6) is -0.184. The van der Waals surface area contributed by atoms with Crippen LogP contribution >= 0.6 is 0 Å². The zero-order valence-electron chi connectivity index (χ0n) is 11.4. The first-order valence-corrected chi connectivity index (χ1v) is 6.37. The highest BCUT2D eigenvalue weighted by molar-refractivity contribution is 5.48. The predicted octanol–water partition coefficient (Wildman–Crippen LogP) is 3.18. The molecule has 19 heavy (non-hydrogen) atoms. The van der Waals surface area contributed by atoms with Gasteiger partial charge in [-0.3, -0.25) is 0 Å². The summed E-state index contributed by atoms with van der Waals surface area (Å²) in [7, 11) is 3.69. The molecule has 2 nitrogen and oxygen atoms in total. The minimum Gasteiger partial charge on any atom is -0.375 e. The average Bonchev–Trinajstić information content (AvgIpc) is 2.41. The van der Waals surface area contributed by atoms with Crippen molar-refractivity contribution in [3.63, 3.8) is 0 Å². The molecule has 0 unspecified atom stereocenters. The number of halogens is 1. The molecule has 0 amide bonds. The molecule has 0 fully saturated rings. The fourth-order valence-corrected chi connectivity index (χ4v) is 1.96. The van der Waals surface area contributed by atoms with E-state index >= 15 is 0 Å². The van der Waals surface area contributed by atoms with Crippen molar-refractivity contribution in [2.45, 2.75) is 13.1 Å². The Morgan fingerprint density at radius 3 is 2.32 bits per heavy atom. The van der Waals surface area contributed by atoms with Gasteiger partial charge in [0, 0.05) is 27.2 Å². The standard InChI is InChI=1S/C16H19FN2/c1-19(2)16-10-14(8-9-15(16)17)12-18-11-13-6-4-3-5-7-13/h3-10,18H,11-12H2,1-2H3. The molecule has 0 saturated heterocycles. The number of anilines is 1. The molecule has 0 heterocycles. The summed E-state index contributed by atoms with van der Waals surface area (Å²) in [6.45, 7) is 1.55. The quantitative estimate of drug-likeness (QED) is 0.886. The van der Waals surface area contributed by atoms with Crippen molar-refractivity contribution in [3.05, 3.63) is 65.5 Å². The van der Waals surface area contributed by atoms with E-state index in [1.54, 1.807) is 4.90 Å². The van der Waals surface area contributed by atoms with Crippen molar-refractivity contribution < 1.29 is 4.39 Å². The summed E-state index contributed by atoms with van der Waals surface area (Å²) in [6, 6.07) is 15.5. The zero-order valence-corrected chi connectivity index (χ0v) is 11.4. The summed E-state index contributed by atoms with van der Waals surface area (Å²) >= 11 is 0. The van der Waals surface area contributed by atoms with Crippen molar-refractivity contribution in [2.24, 2.45) is 0 Å². The van der Waals surface area contributed by atoms with Crippen LogP contribution in [0.3, 0.4) is 0 Å². The minimum absolute atomic E-state index is 0.184. The van der Waals surface area contributed by atoms with Gasteiger partial charge >= 0.3 is 0 Å². The van der Waals surface area contributed by atoms with Crippen molar-refractivity contribution >= 4 is 5.69 Å². The lowest BCUT2D eigenvalue weighted by Gasteiger charge is -2.15. The first-order valence-electron chi connectivity index (χ1n) is 6.37. The zero-order chi connectivity index (χ0) is 13.7. The fraction of sp³-hybridized carbons (Fsp3) is 0.250. The molecule has 0 saturated carbocycles. The van der Waals surface area contributed by atoms with Crippen molar-refractivity contribution in [1.29, 1.82) is 0 Å². The third-order valence-corrected chi connectivity index (χ3v) is 2.99. The van der Waals surface area contributed by atoms with Gasteiger partial charge < -0.3 is 10.2 Å². The molecule has 100 valence electrons. The van der Waals surface area contributed by atoms with Crippen LogP contribution in [0.15, 0.2) is 48.5 Å². The van der Waals surface area contributed by atoms with Gasteiger partial charge in [-0.2, -0.15) is 0 Å². The third kappa shape index (κ3) is 3.80. The Kier molecular flexibility index (Phi) is 4.53. The Balaban J connectivity index is 1.95. The molecule has 0 aliphatic heterocycles. The van der Waals surface area contributed by atoms with Crippen molar-refractivity contribution in [1.82, 2.24) is 5.32 Å². The van der Waals surface area contributed by atoms with Gasteiger partial charge in [0.2, 0.25) is 0 Å². The summed E-state index contributed by atoms with van der Waals surface area (Å²) in [5, 5.41) is 3.36. The smallest absolute Gasteiger partial charge is 0.146 e. The van der Waals surface area contributed by atoms with Gasteiger partial charge in [-0.05, 0) is 23.3 Å². The highest BCUT2D eigenvalue weighted by Gasteiger charge is 2.05. The highest BCUT2D eigenvalue weighted by Crippen LogP contribution is 2.18. The number of nitrogens with zero attached hydrogens (tertiary/aromatic N) is 1. The van der Waals surface area contributed by atoms with E-state index in [0.717, 1.165) is 18.7 Å². The van der Waals surface area contributed by atoms with Gasteiger partial charge in [-0.25, -0.2) is 4.39 Å². The Hall–Kier alpha value is -1.87. The Labute approximate surface area is 113 Å². The number of rotatable bonds is 5. The molecule has 0 atom stereocenters. The molecule has 2 aromatic rings. The van der Waals surface area contributed by atoms with Crippen molar-refractivity contribution in [3.8, 4) is 0 Å². The predicted molar refractivity (Wildman–Crippen MR) is 77.7 cm³/mol. The molecule has 2 aromatic carbocycles. The Bertz CT molecular complexity index is 524. The number of benzene rings is 2. The van der Waals surface area contributed by atoms with Gasteiger partial charge in [0.05, 0.1) is 5.69 Å². The first-order chi connectivity index (χ1) is 9.16. The number of nitrogens with one attached hydrogen (secondary N) is 1. The molecule has 3 heteroatoms.